The molecule has 2 aromatic carbocycles. The van der Waals surface area contributed by atoms with Crippen LogP contribution in [0.3, 0.4) is 0 Å². The SMILES string of the molecule is CCOC(=C\C=Nc1ccccc1)/C=C1\Sc2ccccc2N1CC. The molecule has 0 fully saturated rings. The summed E-state index contributed by atoms with van der Waals surface area (Å²) in [6.07, 6.45) is 5.80. The lowest BCUT2D eigenvalue weighted by Gasteiger charge is -2.18. The largest absolute Gasteiger partial charge is 0.494 e. The molecule has 3 nitrogen and oxygen atoms in total. The summed E-state index contributed by atoms with van der Waals surface area (Å²) in [4.78, 5) is 8.04. The summed E-state index contributed by atoms with van der Waals surface area (Å²) in [6.45, 7) is 5.71. The lowest BCUT2D eigenvalue weighted by atomic mass is 10.3. The van der Waals surface area contributed by atoms with Crippen molar-refractivity contribution in [1.82, 2.24) is 0 Å². The molecule has 0 aromatic heterocycles. The molecule has 0 aliphatic carbocycles. The van der Waals surface area contributed by atoms with Gasteiger partial charge in [-0.05, 0) is 44.2 Å². The zero-order chi connectivity index (χ0) is 17.5. The first kappa shape index (κ1) is 17.4. The van der Waals surface area contributed by atoms with Gasteiger partial charge in [-0.1, -0.05) is 42.1 Å². The lowest BCUT2D eigenvalue weighted by Crippen LogP contribution is -2.16. The van der Waals surface area contributed by atoms with Crippen molar-refractivity contribution >= 4 is 29.4 Å². The van der Waals surface area contributed by atoms with Crippen LogP contribution in [0.25, 0.3) is 0 Å². The third-order valence-electron chi connectivity index (χ3n) is 3.75. The molecule has 1 heterocycles. The Hall–Kier alpha value is -2.46. The highest BCUT2D eigenvalue weighted by Crippen LogP contribution is 2.45. The molecule has 0 atom stereocenters. The lowest BCUT2D eigenvalue weighted by molar-refractivity contribution is 0.243. The molecule has 0 spiro atoms. The van der Waals surface area contributed by atoms with E-state index < -0.39 is 0 Å². The van der Waals surface area contributed by atoms with Gasteiger partial charge in [0.25, 0.3) is 0 Å². The summed E-state index contributed by atoms with van der Waals surface area (Å²) in [5.41, 5.74) is 2.19. The van der Waals surface area contributed by atoms with E-state index in [1.807, 2.05) is 43.3 Å². The van der Waals surface area contributed by atoms with Gasteiger partial charge in [0, 0.05) is 23.7 Å². The number of fused-ring (bicyclic) bond motifs is 1. The maximum Gasteiger partial charge on any atom is 0.123 e. The van der Waals surface area contributed by atoms with Crippen molar-refractivity contribution in [3.63, 3.8) is 0 Å². The zero-order valence-corrected chi connectivity index (χ0v) is 15.4. The second-order valence-electron chi connectivity index (χ2n) is 5.41. The van der Waals surface area contributed by atoms with Gasteiger partial charge in [-0.25, -0.2) is 0 Å². The van der Waals surface area contributed by atoms with E-state index in [-0.39, 0.29) is 0 Å². The van der Waals surface area contributed by atoms with Gasteiger partial charge in [-0.15, -0.1) is 0 Å². The maximum absolute atomic E-state index is 5.79. The molecule has 0 saturated carbocycles. The van der Waals surface area contributed by atoms with Crippen molar-refractivity contribution < 1.29 is 4.74 Å². The summed E-state index contributed by atoms with van der Waals surface area (Å²) in [5, 5.41) is 1.18. The van der Waals surface area contributed by atoms with Gasteiger partial charge in [0.1, 0.15) is 5.76 Å². The Labute approximate surface area is 153 Å². The van der Waals surface area contributed by atoms with Crippen LogP contribution in [-0.2, 0) is 4.74 Å². The van der Waals surface area contributed by atoms with E-state index in [1.165, 1.54) is 15.6 Å². The van der Waals surface area contributed by atoms with Crippen LogP contribution in [-0.4, -0.2) is 19.4 Å². The Kier molecular flexibility index (Phi) is 5.96. The molecular formula is C21H22N2OS. The van der Waals surface area contributed by atoms with Crippen molar-refractivity contribution in [2.45, 2.75) is 18.7 Å². The monoisotopic (exact) mass is 350 g/mol. The normalized spacial score (nSPS) is 15.8. The summed E-state index contributed by atoms with van der Waals surface area (Å²) in [6, 6.07) is 18.4. The number of hydrogen-bond acceptors (Lipinski definition) is 4. The van der Waals surface area contributed by atoms with Gasteiger partial charge < -0.3 is 9.64 Å². The van der Waals surface area contributed by atoms with Crippen molar-refractivity contribution in [3.8, 4) is 0 Å². The molecule has 0 radical (unpaired) electrons. The van der Waals surface area contributed by atoms with E-state index in [0.717, 1.165) is 18.0 Å². The Bertz CT molecular complexity index is 797. The van der Waals surface area contributed by atoms with Crippen molar-refractivity contribution in [2.24, 2.45) is 4.99 Å². The van der Waals surface area contributed by atoms with Crippen LogP contribution in [0.4, 0.5) is 11.4 Å². The van der Waals surface area contributed by atoms with Crippen LogP contribution in [0.2, 0.25) is 0 Å². The Morgan fingerprint density at radius 1 is 1.08 bits per heavy atom. The third-order valence-corrected chi connectivity index (χ3v) is 4.86. The van der Waals surface area contributed by atoms with E-state index >= 15 is 0 Å². The fraction of sp³-hybridized carbons (Fsp3) is 0.190. The third kappa shape index (κ3) is 4.34. The van der Waals surface area contributed by atoms with Crippen molar-refractivity contribution in [1.29, 1.82) is 0 Å². The van der Waals surface area contributed by atoms with E-state index in [2.05, 4.69) is 47.2 Å². The number of allylic oxidation sites excluding steroid dienone is 2. The number of ether oxygens (including phenoxy) is 1. The minimum atomic E-state index is 0.624. The number of para-hydroxylation sites is 2. The molecule has 0 N–H and O–H groups in total. The van der Waals surface area contributed by atoms with Crippen molar-refractivity contribution in [3.05, 3.63) is 77.5 Å². The van der Waals surface area contributed by atoms with Crippen LogP contribution in [0.1, 0.15) is 13.8 Å². The van der Waals surface area contributed by atoms with E-state index in [0.29, 0.717) is 6.61 Å². The van der Waals surface area contributed by atoms with Crippen LogP contribution < -0.4 is 4.90 Å². The molecule has 128 valence electrons. The second-order valence-corrected chi connectivity index (χ2v) is 6.47. The molecule has 4 heteroatoms. The first-order chi connectivity index (χ1) is 12.3. The quantitative estimate of drug-likeness (QED) is 0.487. The second kappa shape index (κ2) is 8.58. The number of thioether (sulfide) groups is 1. The summed E-state index contributed by atoms with van der Waals surface area (Å²) in [7, 11) is 0. The van der Waals surface area contributed by atoms with E-state index in [1.54, 1.807) is 18.0 Å². The average Bonchev–Trinajstić information content (AvgIpc) is 2.99. The predicted octanol–water partition coefficient (Wildman–Crippen LogP) is 5.78. The molecule has 0 unspecified atom stereocenters. The van der Waals surface area contributed by atoms with Gasteiger partial charge >= 0.3 is 0 Å². The van der Waals surface area contributed by atoms with Gasteiger partial charge in [0.2, 0.25) is 0 Å². The number of nitrogens with zero attached hydrogens (tertiary/aromatic N) is 2. The Balaban J connectivity index is 1.82. The molecule has 1 aliphatic rings. The number of anilines is 1. The number of aliphatic imine (C=N–C) groups is 1. The predicted molar refractivity (Wildman–Crippen MR) is 108 cm³/mol. The molecule has 1 aliphatic heterocycles. The van der Waals surface area contributed by atoms with Gasteiger partial charge in [0.15, 0.2) is 0 Å². The maximum atomic E-state index is 5.79. The first-order valence-electron chi connectivity index (χ1n) is 8.50. The highest BCUT2D eigenvalue weighted by Gasteiger charge is 2.23. The minimum Gasteiger partial charge on any atom is -0.494 e. The highest BCUT2D eigenvalue weighted by atomic mass is 32.2. The van der Waals surface area contributed by atoms with Gasteiger partial charge in [0.05, 0.1) is 23.0 Å². The number of hydrogen-bond donors (Lipinski definition) is 0. The molecule has 0 bridgehead atoms. The van der Waals surface area contributed by atoms with Crippen LogP contribution in [0, 0.1) is 0 Å². The first-order valence-corrected chi connectivity index (χ1v) is 9.31. The molecule has 0 saturated heterocycles. The fourth-order valence-corrected chi connectivity index (χ4v) is 3.79. The van der Waals surface area contributed by atoms with Gasteiger partial charge in [-0.2, -0.15) is 0 Å². The van der Waals surface area contributed by atoms with E-state index in [4.69, 9.17) is 4.74 Å². The highest BCUT2D eigenvalue weighted by molar-refractivity contribution is 8.03. The van der Waals surface area contributed by atoms with E-state index in [9.17, 15) is 0 Å². The molecule has 3 rings (SSSR count). The topological polar surface area (TPSA) is 24.8 Å². The molecule has 0 amide bonds. The van der Waals surface area contributed by atoms with Gasteiger partial charge in [-0.3, -0.25) is 4.99 Å². The average molecular weight is 350 g/mol. The van der Waals surface area contributed by atoms with Crippen LogP contribution in [0.5, 0.6) is 0 Å². The Morgan fingerprint density at radius 3 is 2.60 bits per heavy atom. The number of benzene rings is 2. The number of rotatable bonds is 6. The summed E-state index contributed by atoms with van der Waals surface area (Å²) >= 11 is 1.77. The standard InChI is InChI=1S/C21H22N2OS/c1-3-23-19-12-8-9-13-20(19)25-21(23)16-18(24-4-2)14-15-22-17-10-6-5-7-11-17/h5-16H,3-4H2,1-2H3/b18-14-,21-16-,22-15?. The molecule has 25 heavy (non-hydrogen) atoms. The van der Waals surface area contributed by atoms with Crippen LogP contribution >= 0.6 is 11.8 Å². The minimum absolute atomic E-state index is 0.624. The summed E-state index contributed by atoms with van der Waals surface area (Å²) in [5.74, 6) is 0.816. The fourth-order valence-electron chi connectivity index (χ4n) is 2.62. The molecule has 2 aromatic rings. The van der Waals surface area contributed by atoms with Crippen LogP contribution in [0.15, 0.2) is 87.4 Å². The smallest absolute Gasteiger partial charge is 0.123 e. The Morgan fingerprint density at radius 2 is 1.84 bits per heavy atom. The summed E-state index contributed by atoms with van der Waals surface area (Å²) < 4.78 is 5.79. The zero-order valence-electron chi connectivity index (χ0n) is 14.6. The molecular weight excluding hydrogens is 328 g/mol. The van der Waals surface area contributed by atoms with Crippen molar-refractivity contribution in [2.75, 3.05) is 18.1 Å².